The first-order valence-electron chi connectivity index (χ1n) is 6.37. The normalized spacial score (nSPS) is 10.7. The molecule has 0 N–H and O–H groups in total. The third kappa shape index (κ3) is 2.40. The van der Waals surface area contributed by atoms with Gasteiger partial charge in [0, 0.05) is 5.69 Å². The van der Waals surface area contributed by atoms with E-state index in [9.17, 15) is 0 Å². The standard InChI is InChI=1S/C15H14N4S/c1-12(20)18(13-7-3-2-4-8-13)11-19-15-10-6-5-9-14(15)16-17-19/h2-10H,11H2,1H3. The zero-order valence-corrected chi connectivity index (χ0v) is 11.9. The van der Waals surface area contributed by atoms with E-state index in [1.807, 2.05) is 71.1 Å². The van der Waals surface area contributed by atoms with Crippen LogP contribution in [0.15, 0.2) is 54.6 Å². The van der Waals surface area contributed by atoms with Gasteiger partial charge in [-0.2, -0.15) is 0 Å². The second-order valence-electron chi connectivity index (χ2n) is 4.50. The first-order chi connectivity index (χ1) is 9.75. The van der Waals surface area contributed by atoms with Gasteiger partial charge in [0.1, 0.15) is 12.2 Å². The number of benzene rings is 2. The summed E-state index contributed by atoms with van der Waals surface area (Å²) >= 11 is 5.36. The van der Waals surface area contributed by atoms with Gasteiger partial charge in [-0.05, 0) is 31.2 Å². The van der Waals surface area contributed by atoms with E-state index in [4.69, 9.17) is 12.2 Å². The zero-order chi connectivity index (χ0) is 13.9. The molecule has 2 aromatic carbocycles. The summed E-state index contributed by atoms with van der Waals surface area (Å²) in [6, 6.07) is 18.0. The number of para-hydroxylation sites is 2. The van der Waals surface area contributed by atoms with Crippen molar-refractivity contribution < 1.29 is 0 Å². The molecule has 0 bridgehead atoms. The average Bonchev–Trinajstić information content (AvgIpc) is 2.88. The van der Waals surface area contributed by atoms with Gasteiger partial charge >= 0.3 is 0 Å². The van der Waals surface area contributed by atoms with Gasteiger partial charge in [0.05, 0.1) is 10.5 Å². The zero-order valence-electron chi connectivity index (χ0n) is 11.1. The minimum atomic E-state index is 0.555. The van der Waals surface area contributed by atoms with E-state index in [-0.39, 0.29) is 0 Å². The monoisotopic (exact) mass is 282 g/mol. The third-order valence-electron chi connectivity index (χ3n) is 3.14. The summed E-state index contributed by atoms with van der Waals surface area (Å²) in [6.07, 6.45) is 0. The first-order valence-corrected chi connectivity index (χ1v) is 6.78. The quantitative estimate of drug-likeness (QED) is 0.691. The molecule has 0 aliphatic rings. The summed E-state index contributed by atoms with van der Waals surface area (Å²) in [5.41, 5.74) is 2.95. The molecule has 3 aromatic rings. The van der Waals surface area contributed by atoms with Crippen molar-refractivity contribution >= 4 is 33.9 Å². The number of fused-ring (bicyclic) bond motifs is 1. The Bertz CT molecular complexity index is 736. The van der Waals surface area contributed by atoms with E-state index in [1.165, 1.54) is 0 Å². The molecule has 4 nitrogen and oxygen atoms in total. The molecule has 0 unspecified atom stereocenters. The number of hydrogen-bond donors (Lipinski definition) is 0. The summed E-state index contributed by atoms with van der Waals surface area (Å²) < 4.78 is 1.86. The van der Waals surface area contributed by atoms with Crippen molar-refractivity contribution in [2.45, 2.75) is 13.6 Å². The van der Waals surface area contributed by atoms with Crippen LogP contribution in [-0.2, 0) is 6.67 Å². The van der Waals surface area contributed by atoms with Crippen LogP contribution in [0.25, 0.3) is 11.0 Å². The second-order valence-corrected chi connectivity index (χ2v) is 5.09. The summed E-state index contributed by atoms with van der Waals surface area (Å²) in [5.74, 6) is 0. The Labute approximate surface area is 122 Å². The molecular formula is C15H14N4S. The van der Waals surface area contributed by atoms with Crippen LogP contribution in [0.4, 0.5) is 5.69 Å². The Morgan fingerprint density at radius 3 is 2.55 bits per heavy atom. The molecule has 0 saturated carbocycles. The van der Waals surface area contributed by atoms with Gasteiger partial charge in [-0.15, -0.1) is 5.10 Å². The number of nitrogens with zero attached hydrogens (tertiary/aromatic N) is 4. The van der Waals surface area contributed by atoms with E-state index in [2.05, 4.69) is 10.3 Å². The van der Waals surface area contributed by atoms with E-state index in [0.29, 0.717) is 6.67 Å². The summed E-state index contributed by atoms with van der Waals surface area (Å²) in [7, 11) is 0. The minimum Gasteiger partial charge on any atom is -0.316 e. The number of anilines is 1. The molecule has 0 saturated heterocycles. The fourth-order valence-electron chi connectivity index (χ4n) is 2.13. The molecule has 100 valence electrons. The number of thiocarbonyl (C=S) groups is 1. The lowest BCUT2D eigenvalue weighted by Crippen LogP contribution is -2.30. The molecule has 1 heterocycles. The molecule has 5 heteroatoms. The number of hydrogen-bond acceptors (Lipinski definition) is 3. The molecule has 0 fully saturated rings. The highest BCUT2D eigenvalue weighted by atomic mass is 32.1. The highest BCUT2D eigenvalue weighted by molar-refractivity contribution is 7.80. The average molecular weight is 282 g/mol. The van der Waals surface area contributed by atoms with Crippen LogP contribution < -0.4 is 4.90 Å². The lowest BCUT2D eigenvalue weighted by molar-refractivity contribution is 0.622. The highest BCUT2D eigenvalue weighted by Gasteiger charge is 2.11. The minimum absolute atomic E-state index is 0.555. The van der Waals surface area contributed by atoms with Gasteiger partial charge in [-0.25, -0.2) is 4.68 Å². The topological polar surface area (TPSA) is 34.0 Å². The van der Waals surface area contributed by atoms with Gasteiger partial charge in [0.15, 0.2) is 0 Å². The highest BCUT2D eigenvalue weighted by Crippen LogP contribution is 2.17. The van der Waals surface area contributed by atoms with Crippen molar-refractivity contribution in [3.63, 3.8) is 0 Å². The van der Waals surface area contributed by atoms with Crippen LogP contribution in [0.3, 0.4) is 0 Å². The van der Waals surface area contributed by atoms with Crippen LogP contribution in [0, 0.1) is 0 Å². The fraction of sp³-hybridized carbons (Fsp3) is 0.133. The SMILES string of the molecule is CC(=S)N(Cn1nnc2ccccc21)c1ccccc1. The Kier molecular flexibility index (Phi) is 3.43. The summed E-state index contributed by atoms with van der Waals surface area (Å²) in [6.45, 7) is 2.47. The van der Waals surface area contributed by atoms with E-state index >= 15 is 0 Å². The molecule has 3 rings (SSSR count). The van der Waals surface area contributed by atoms with Gasteiger partial charge in [-0.3, -0.25) is 0 Å². The van der Waals surface area contributed by atoms with Crippen LogP contribution in [0.2, 0.25) is 0 Å². The van der Waals surface area contributed by atoms with Crippen molar-refractivity contribution in [3.05, 3.63) is 54.6 Å². The van der Waals surface area contributed by atoms with E-state index in [0.717, 1.165) is 21.7 Å². The number of aromatic nitrogens is 3. The largest absolute Gasteiger partial charge is 0.316 e. The summed E-state index contributed by atoms with van der Waals surface area (Å²) in [4.78, 5) is 2.84. The van der Waals surface area contributed by atoms with Gasteiger partial charge in [-0.1, -0.05) is 47.8 Å². The van der Waals surface area contributed by atoms with Gasteiger partial charge in [0.2, 0.25) is 0 Å². The summed E-state index contributed by atoms with van der Waals surface area (Å²) in [5, 5.41) is 8.38. The molecule has 0 amide bonds. The number of rotatable bonds is 3. The predicted molar refractivity (Wildman–Crippen MR) is 84.7 cm³/mol. The molecule has 0 spiro atoms. The maximum atomic E-state index is 5.36. The Hall–Kier alpha value is -2.27. The van der Waals surface area contributed by atoms with Crippen molar-refractivity contribution in [2.24, 2.45) is 0 Å². The molecule has 0 atom stereocenters. The maximum absolute atomic E-state index is 5.36. The molecule has 0 aliphatic carbocycles. The van der Waals surface area contributed by atoms with Crippen LogP contribution in [0.1, 0.15) is 6.92 Å². The third-order valence-corrected chi connectivity index (χ3v) is 3.36. The first kappa shape index (κ1) is 12.7. The second kappa shape index (κ2) is 5.38. The van der Waals surface area contributed by atoms with Gasteiger partial charge < -0.3 is 4.90 Å². The van der Waals surface area contributed by atoms with Gasteiger partial charge in [0.25, 0.3) is 0 Å². The van der Waals surface area contributed by atoms with E-state index in [1.54, 1.807) is 0 Å². The fourth-order valence-corrected chi connectivity index (χ4v) is 2.29. The lowest BCUT2D eigenvalue weighted by atomic mass is 10.3. The Morgan fingerprint density at radius 2 is 1.80 bits per heavy atom. The Morgan fingerprint density at radius 1 is 1.10 bits per heavy atom. The van der Waals surface area contributed by atoms with Crippen molar-refractivity contribution in [1.82, 2.24) is 15.0 Å². The molecule has 1 aromatic heterocycles. The van der Waals surface area contributed by atoms with Crippen molar-refractivity contribution in [1.29, 1.82) is 0 Å². The maximum Gasteiger partial charge on any atom is 0.119 e. The smallest absolute Gasteiger partial charge is 0.119 e. The molecule has 0 radical (unpaired) electrons. The Balaban J connectivity index is 1.97. The molecule has 20 heavy (non-hydrogen) atoms. The molecular weight excluding hydrogens is 268 g/mol. The predicted octanol–water partition coefficient (Wildman–Crippen LogP) is 3.24. The van der Waals surface area contributed by atoms with Crippen LogP contribution >= 0.6 is 12.2 Å². The van der Waals surface area contributed by atoms with Crippen LogP contribution in [0.5, 0.6) is 0 Å². The van der Waals surface area contributed by atoms with E-state index < -0.39 is 0 Å². The molecule has 0 aliphatic heterocycles. The van der Waals surface area contributed by atoms with Crippen molar-refractivity contribution in [2.75, 3.05) is 4.90 Å². The van der Waals surface area contributed by atoms with Crippen LogP contribution in [-0.4, -0.2) is 20.0 Å². The lowest BCUT2D eigenvalue weighted by Gasteiger charge is -2.23. The van der Waals surface area contributed by atoms with Crippen molar-refractivity contribution in [3.8, 4) is 0 Å².